The summed E-state index contributed by atoms with van der Waals surface area (Å²) in [5.74, 6) is 0.447. The summed E-state index contributed by atoms with van der Waals surface area (Å²) in [7, 11) is -2.45. The van der Waals surface area contributed by atoms with Crippen LogP contribution >= 0.6 is 23.2 Å². The molecule has 3 aromatic carbocycles. The first kappa shape index (κ1) is 25.2. The Bertz CT molecular complexity index is 1300. The molecule has 3 aromatic rings. The van der Waals surface area contributed by atoms with Crippen LogP contribution in [0.25, 0.3) is 0 Å². The lowest BCUT2D eigenvalue weighted by molar-refractivity contribution is -0.129. The first-order valence-corrected chi connectivity index (χ1v) is 13.2. The van der Waals surface area contributed by atoms with E-state index in [4.69, 9.17) is 27.9 Å². The number of sulfonamides is 1. The number of hydrogen-bond donors (Lipinski definition) is 0. The number of ether oxygens (including phenoxy) is 1. The Morgan fingerprint density at radius 2 is 1.60 bits per heavy atom. The number of para-hydroxylation sites is 2. The van der Waals surface area contributed by atoms with Crippen LogP contribution < -0.4 is 13.9 Å². The van der Waals surface area contributed by atoms with Crippen molar-refractivity contribution >= 4 is 50.5 Å². The molecule has 0 aromatic heterocycles. The molecule has 0 bridgehead atoms. The minimum absolute atomic E-state index is 0.0600. The summed E-state index contributed by atoms with van der Waals surface area (Å²) < 4.78 is 33.6. The fourth-order valence-corrected chi connectivity index (χ4v) is 5.89. The van der Waals surface area contributed by atoms with Gasteiger partial charge < -0.3 is 14.5 Å². The maximum atomic E-state index is 13.6. The average Bonchev–Trinajstić information content (AvgIpc) is 2.89. The molecule has 35 heavy (non-hydrogen) atoms. The molecule has 0 N–H and O–H groups in total. The Kier molecular flexibility index (Phi) is 7.74. The molecule has 10 heteroatoms. The highest BCUT2D eigenvalue weighted by Crippen LogP contribution is 2.33. The monoisotopic (exact) mass is 533 g/mol. The number of hydrogen-bond acceptors (Lipinski definition) is 5. The molecule has 1 heterocycles. The second-order valence-corrected chi connectivity index (χ2v) is 10.7. The molecule has 1 fully saturated rings. The number of carbonyl (C=O) groups excluding carboxylic acids is 1. The third kappa shape index (κ3) is 5.50. The molecule has 0 atom stereocenters. The van der Waals surface area contributed by atoms with Gasteiger partial charge in [0.25, 0.3) is 10.0 Å². The summed E-state index contributed by atoms with van der Waals surface area (Å²) >= 11 is 12.5. The number of rotatable bonds is 7. The standard InChI is InChI=1S/C25H25Cl2N3O4S/c1-34-24-10-6-5-9-22(24)28-13-15-29(16-14-28)25(31)18-30(23-17-19(26)11-12-21(23)27)35(32,33)20-7-3-2-4-8-20/h2-12,17H,13-16,18H2,1H3. The highest BCUT2D eigenvalue weighted by Gasteiger charge is 2.31. The largest absolute Gasteiger partial charge is 0.495 e. The lowest BCUT2D eigenvalue weighted by atomic mass is 10.2. The van der Waals surface area contributed by atoms with Crippen LogP contribution in [0, 0.1) is 0 Å². The molecule has 0 radical (unpaired) electrons. The van der Waals surface area contributed by atoms with Crippen molar-refractivity contribution in [3.8, 4) is 5.75 Å². The van der Waals surface area contributed by atoms with Gasteiger partial charge in [-0.25, -0.2) is 8.42 Å². The van der Waals surface area contributed by atoms with Crippen molar-refractivity contribution in [2.75, 3.05) is 49.0 Å². The molecular weight excluding hydrogens is 509 g/mol. The van der Waals surface area contributed by atoms with Crippen LogP contribution in [-0.4, -0.2) is 59.1 Å². The van der Waals surface area contributed by atoms with E-state index in [0.29, 0.717) is 31.2 Å². The van der Waals surface area contributed by atoms with Crippen LogP contribution in [-0.2, 0) is 14.8 Å². The van der Waals surface area contributed by atoms with E-state index in [1.165, 1.54) is 24.3 Å². The number of anilines is 2. The molecule has 7 nitrogen and oxygen atoms in total. The van der Waals surface area contributed by atoms with Gasteiger partial charge >= 0.3 is 0 Å². The van der Waals surface area contributed by atoms with Crippen LogP contribution in [0.5, 0.6) is 5.75 Å². The molecular formula is C25H25Cl2N3O4S. The molecule has 0 unspecified atom stereocenters. The predicted octanol–water partition coefficient (Wildman–Crippen LogP) is 4.55. The van der Waals surface area contributed by atoms with Crippen molar-refractivity contribution in [3.63, 3.8) is 0 Å². The fraction of sp³-hybridized carbons (Fsp3) is 0.240. The number of benzene rings is 3. The van der Waals surface area contributed by atoms with Crippen molar-refractivity contribution in [1.29, 1.82) is 0 Å². The number of methoxy groups -OCH3 is 1. The molecule has 0 aliphatic carbocycles. The minimum Gasteiger partial charge on any atom is -0.495 e. The third-order valence-corrected chi connectivity index (χ3v) is 8.17. The summed E-state index contributed by atoms with van der Waals surface area (Å²) in [6, 6.07) is 20.2. The van der Waals surface area contributed by atoms with Gasteiger partial charge in [-0.15, -0.1) is 0 Å². The van der Waals surface area contributed by atoms with Crippen LogP contribution in [0.4, 0.5) is 11.4 Å². The van der Waals surface area contributed by atoms with Crippen molar-refractivity contribution in [2.24, 2.45) is 0 Å². The number of nitrogens with zero attached hydrogens (tertiary/aromatic N) is 3. The summed E-state index contributed by atoms with van der Waals surface area (Å²) in [5, 5.41) is 0.498. The lowest BCUT2D eigenvalue weighted by Crippen LogP contribution is -2.52. The average molecular weight is 534 g/mol. The Morgan fingerprint density at radius 3 is 2.29 bits per heavy atom. The summed E-state index contributed by atoms with van der Waals surface area (Å²) in [6.45, 7) is 1.68. The molecule has 0 spiro atoms. The minimum atomic E-state index is -4.07. The maximum Gasteiger partial charge on any atom is 0.264 e. The van der Waals surface area contributed by atoms with E-state index in [1.807, 2.05) is 24.3 Å². The van der Waals surface area contributed by atoms with E-state index < -0.39 is 16.6 Å². The van der Waals surface area contributed by atoms with Crippen LogP contribution in [0.1, 0.15) is 0 Å². The lowest BCUT2D eigenvalue weighted by Gasteiger charge is -2.37. The van der Waals surface area contributed by atoms with Crippen LogP contribution in [0.2, 0.25) is 10.0 Å². The quantitative estimate of drug-likeness (QED) is 0.445. The number of carbonyl (C=O) groups is 1. The molecule has 1 amide bonds. The summed E-state index contributed by atoms with van der Waals surface area (Å²) in [4.78, 5) is 17.2. The predicted molar refractivity (Wildman–Crippen MR) is 139 cm³/mol. The zero-order valence-electron chi connectivity index (χ0n) is 19.1. The zero-order chi connectivity index (χ0) is 25.0. The van der Waals surface area contributed by atoms with E-state index >= 15 is 0 Å². The number of piperazine rings is 1. The first-order valence-electron chi connectivity index (χ1n) is 11.0. The molecule has 4 rings (SSSR count). The van der Waals surface area contributed by atoms with Crippen LogP contribution in [0.15, 0.2) is 77.7 Å². The van der Waals surface area contributed by atoms with Gasteiger partial charge in [0, 0.05) is 31.2 Å². The highest BCUT2D eigenvalue weighted by molar-refractivity contribution is 7.92. The van der Waals surface area contributed by atoms with Gasteiger partial charge in [-0.05, 0) is 42.5 Å². The van der Waals surface area contributed by atoms with Gasteiger partial charge in [-0.3, -0.25) is 9.10 Å². The van der Waals surface area contributed by atoms with Gasteiger partial charge in [0.05, 0.1) is 28.4 Å². The van der Waals surface area contributed by atoms with E-state index in [2.05, 4.69) is 4.90 Å². The molecule has 1 saturated heterocycles. The van der Waals surface area contributed by atoms with Gasteiger partial charge in [-0.2, -0.15) is 0 Å². The molecule has 0 saturated carbocycles. The van der Waals surface area contributed by atoms with Crippen molar-refractivity contribution in [1.82, 2.24) is 4.90 Å². The molecule has 1 aliphatic rings. The van der Waals surface area contributed by atoms with Gasteiger partial charge in [-0.1, -0.05) is 53.5 Å². The Labute approximate surface area is 215 Å². The topological polar surface area (TPSA) is 70.2 Å². The van der Waals surface area contributed by atoms with E-state index in [1.54, 1.807) is 36.3 Å². The van der Waals surface area contributed by atoms with E-state index in [-0.39, 0.29) is 21.5 Å². The van der Waals surface area contributed by atoms with Gasteiger partial charge in [0.15, 0.2) is 0 Å². The van der Waals surface area contributed by atoms with Gasteiger partial charge in [0.2, 0.25) is 5.91 Å². The van der Waals surface area contributed by atoms with Crippen molar-refractivity contribution < 1.29 is 17.9 Å². The smallest absolute Gasteiger partial charge is 0.264 e. The fourth-order valence-electron chi connectivity index (χ4n) is 4.01. The Hall–Kier alpha value is -2.94. The SMILES string of the molecule is COc1ccccc1N1CCN(C(=O)CN(c2cc(Cl)ccc2Cl)S(=O)(=O)c2ccccc2)CC1. The summed E-state index contributed by atoms with van der Waals surface area (Å²) in [6.07, 6.45) is 0. The Morgan fingerprint density at radius 1 is 0.943 bits per heavy atom. The zero-order valence-corrected chi connectivity index (χ0v) is 21.4. The molecule has 1 aliphatic heterocycles. The first-order chi connectivity index (χ1) is 16.8. The van der Waals surface area contributed by atoms with Crippen molar-refractivity contribution in [2.45, 2.75) is 4.90 Å². The van der Waals surface area contributed by atoms with Gasteiger partial charge in [0.1, 0.15) is 12.3 Å². The van der Waals surface area contributed by atoms with E-state index in [0.717, 1.165) is 15.7 Å². The normalized spacial score (nSPS) is 14.0. The third-order valence-electron chi connectivity index (χ3n) is 5.85. The van der Waals surface area contributed by atoms with Crippen molar-refractivity contribution in [3.05, 3.63) is 82.8 Å². The van der Waals surface area contributed by atoms with Crippen LogP contribution in [0.3, 0.4) is 0 Å². The second-order valence-electron chi connectivity index (χ2n) is 7.96. The highest BCUT2D eigenvalue weighted by atomic mass is 35.5. The number of amides is 1. The Balaban J connectivity index is 1.56. The number of halogens is 2. The maximum absolute atomic E-state index is 13.6. The van der Waals surface area contributed by atoms with E-state index in [9.17, 15) is 13.2 Å². The second kappa shape index (κ2) is 10.8. The molecule has 184 valence electrons. The summed E-state index contributed by atoms with van der Waals surface area (Å²) in [5.41, 5.74) is 1.12.